The fourth-order valence-electron chi connectivity index (χ4n) is 3.29. The number of fused-ring (bicyclic) bond motifs is 1. The van der Waals surface area contributed by atoms with Crippen molar-refractivity contribution in [1.29, 1.82) is 0 Å². The molecule has 1 aliphatic rings. The van der Waals surface area contributed by atoms with Crippen LogP contribution in [0.1, 0.15) is 46.6 Å². The maximum Gasteiger partial charge on any atom is 0.273 e. The third-order valence-corrected chi connectivity index (χ3v) is 4.86. The monoisotopic (exact) mass is 375 g/mol. The molecule has 0 saturated carbocycles. The van der Waals surface area contributed by atoms with Crippen LogP contribution in [0.3, 0.4) is 0 Å². The van der Waals surface area contributed by atoms with E-state index in [1.54, 1.807) is 10.9 Å². The summed E-state index contributed by atoms with van der Waals surface area (Å²) in [6.07, 6.45) is 2.82. The summed E-state index contributed by atoms with van der Waals surface area (Å²) in [4.78, 5) is 24.1. The lowest BCUT2D eigenvalue weighted by molar-refractivity contribution is -0.116. The molecule has 0 spiro atoms. The minimum absolute atomic E-state index is 0.0401. The van der Waals surface area contributed by atoms with Gasteiger partial charge in [0.1, 0.15) is 0 Å². The first-order chi connectivity index (χ1) is 13.5. The number of carbonyl (C=O) groups excluding carboxylic acids is 2. The molecule has 1 atom stereocenters. The van der Waals surface area contributed by atoms with E-state index in [1.165, 1.54) is 0 Å². The van der Waals surface area contributed by atoms with Gasteiger partial charge in [0.05, 0.1) is 17.9 Å². The summed E-state index contributed by atoms with van der Waals surface area (Å²) in [5, 5.41) is 13.9. The molecule has 0 bridgehead atoms. The standard InChI is InChI=1S/C21H21N5O2/c1-13-4-3-5-17(10-13)26-12-19(24-25-26)21(28)22-14(2)15-6-8-18-16(11-15)7-9-20(27)23-18/h3-6,8,10-12,14H,7,9H2,1-2H3,(H,22,28)(H,23,27). The highest BCUT2D eigenvalue weighted by Gasteiger charge is 2.19. The van der Waals surface area contributed by atoms with Crippen molar-refractivity contribution in [2.45, 2.75) is 32.7 Å². The summed E-state index contributed by atoms with van der Waals surface area (Å²) < 4.78 is 1.59. The molecule has 0 fully saturated rings. The van der Waals surface area contributed by atoms with Gasteiger partial charge in [-0.15, -0.1) is 5.10 Å². The average molecular weight is 375 g/mol. The van der Waals surface area contributed by atoms with Crippen molar-refractivity contribution in [3.05, 3.63) is 71.0 Å². The van der Waals surface area contributed by atoms with Gasteiger partial charge in [0.25, 0.3) is 5.91 Å². The lowest BCUT2D eigenvalue weighted by atomic mass is 9.98. The number of carbonyl (C=O) groups is 2. The zero-order valence-electron chi connectivity index (χ0n) is 15.8. The number of amides is 2. The van der Waals surface area contributed by atoms with Crippen molar-refractivity contribution in [2.24, 2.45) is 0 Å². The van der Waals surface area contributed by atoms with Gasteiger partial charge >= 0.3 is 0 Å². The van der Waals surface area contributed by atoms with E-state index in [-0.39, 0.29) is 23.6 Å². The SMILES string of the molecule is Cc1cccc(-n2cc(C(=O)NC(C)c3ccc4c(c3)CCC(=O)N4)nn2)c1. The molecule has 7 heteroatoms. The number of hydrogen-bond donors (Lipinski definition) is 2. The normalized spacial score (nSPS) is 14.1. The van der Waals surface area contributed by atoms with E-state index in [0.29, 0.717) is 12.8 Å². The zero-order chi connectivity index (χ0) is 19.7. The van der Waals surface area contributed by atoms with Crippen molar-refractivity contribution in [3.63, 3.8) is 0 Å². The average Bonchev–Trinajstić information content (AvgIpc) is 3.18. The first-order valence-corrected chi connectivity index (χ1v) is 9.22. The molecule has 2 heterocycles. The highest BCUT2D eigenvalue weighted by Crippen LogP contribution is 2.26. The van der Waals surface area contributed by atoms with Crippen LogP contribution < -0.4 is 10.6 Å². The van der Waals surface area contributed by atoms with Crippen molar-refractivity contribution < 1.29 is 9.59 Å². The number of aryl methyl sites for hydroxylation is 2. The molecule has 142 valence electrons. The van der Waals surface area contributed by atoms with Gasteiger partial charge in [-0.1, -0.05) is 29.5 Å². The summed E-state index contributed by atoms with van der Waals surface area (Å²) in [7, 11) is 0. The summed E-state index contributed by atoms with van der Waals surface area (Å²) in [6.45, 7) is 3.92. The van der Waals surface area contributed by atoms with Crippen LogP contribution >= 0.6 is 0 Å². The first kappa shape index (κ1) is 17.9. The van der Waals surface area contributed by atoms with Crippen molar-refractivity contribution in [2.75, 3.05) is 5.32 Å². The highest BCUT2D eigenvalue weighted by molar-refractivity contribution is 5.94. The predicted octanol–water partition coefficient (Wildman–Crippen LogP) is 2.95. The van der Waals surface area contributed by atoms with Gasteiger partial charge in [0, 0.05) is 12.1 Å². The second-order valence-corrected chi connectivity index (χ2v) is 7.05. The number of anilines is 1. The summed E-state index contributed by atoms with van der Waals surface area (Å²) in [6, 6.07) is 13.5. The smallest absolute Gasteiger partial charge is 0.273 e. The third-order valence-electron chi connectivity index (χ3n) is 4.86. The molecular formula is C21H21N5O2. The fraction of sp³-hybridized carbons (Fsp3) is 0.238. The predicted molar refractivity (Wildman–Crippen MR) is 105 cm³/mol. The van der Waals surface area contributed by atoms with E-state index < -0.39 is 0 Å². The number of benzene rings is 2. The quantitative estimate of drug-likeness (QED) is 0.734. The Bertz CT molecular complexity index is 1060. The number of hydrogen-bond acceptors (Lipinski definition) is 4. The van der Waals surface area contributed by atoms with Crippen LogP contribution in [0.2, 0.25) is 0 Å². The minimum Gasteiger partial charge on any atom is -0.344 e. The highest BCUT2D eigenvalue weighted by atomic mass is 16.2. The Kier molecular flexibility index (Phi) is 4.65. The van der Waals surface area contributed by atoms with Gasteiger partial charge in [0.15, 0.2) is 5.69 Å². The van der Waals surface area contributed by atoms with Gasteiger partial charge in [-0.3, -0.25) is 9.59 Å². The van der Waals surface area contributed by atoms with E-state index in [2.05, 4.69) is 20.9 Å². The Morgan fingerprint density at radius 2 is 2.07 bits per heavy atom. The van der Waals surface area contributed by atoms with E-state index in [1.807, 2.05) is 56.3 Å². The Morgan fingerprint density at radius 1 is 1.21 bits per heavy atom. The van der Waals surface area contributed by atoms with Crippen LogP contribution in [0, 0.1) is 6.92 Å². The molecule has 2 aromatic carbocycles. The van der Waals surface area contributed by atoms with Crippen molar-refractivity contribution in [3.8, 4) is 5.69 Å². The van der Waals surface area contributed by atoms with Crippen LogP contribution in [0.25, 0.3) is 5.69 Å². The van der Waals surface area contributed by atoms with Gasteiger partial charge in [-0.25, -0.2) is 4.68 Å². The summed E-state index contributed by atoms with van der Waals surface area (Å²) >= 11 is 0. The van der Waals surface area contributed by atoms with Gasteiger partial charge in [-0.2, -0.15) is 0 Å². The summed E-state index contributed by atoms with van der Waals surface area (Å²) in [5.41, 5.74) is 5.14. The van der Waals surface area contributed by atoms with E-state index in [0.717, 1.165) is 28.1 Å². The first-order valence-electron chi connectivity index (χ1n) is 9.22. The largest absolute Gasteiger partial charge is 0.344 e. The number of aromatic nitrogens is 3. The molecule has 0 radical (unpaired) electrons. The number of rotatable bonds is 4. The Balaban J connectivity index is 1.47. The summed E-state index contributed by atoms with van der Waals surface area (Å²) in [5.74, 6) is -0.240. The van der Waals surface area contributed by atoms with Crippen molar-refractivity contribution >= 4 is 17.5 Å². The molecule has 0 saturated heterocycles. The molecule has 2 amide bonds. The van der Waals surface area contributed by atoms with E-state index in [9.17, 15) is 9.59 Å². The second kappa shape index (κ2) is 7.26. The molecule has 1 unspecified atom stereocenters. The minimum atomic E-state index is -0.280. The van der Waals surface area contributed by atoms with Crippen LogP contribution in [0.15, 0.2) is 48.7 Å². The molecule has 1 aromatic heterocycles. The van der Waals surface area contributed by atoms with Gasteiger partial charge in [-0.05, 0) is 55.2 Å². The van der Waals surface area contributed by atoms with Gasteiger partial charge < -0.3 is 10.6 Å². The maximum absolute atomic E-state index is 12.6. The lowest BCUT2D eigenvalue weighted by Crippen LogP contribution is -2.27. The number of nitrogens with one attached hydrogen (secondary N) is 2. The van der Waals surface area contributed by atoms with E-state index in [4.69, 9.17) is 0 Å². The fourth-order valence-corrected chi connectivity index (χ4v) is 3.29. The molecule has 28 heavy (non-hydrogen) atoms. The third kappa shape index (κ3) is 3.64. The molecular weight excluding hydrogens is 354 g/mol. The molecule has 2 N–H and O–H groups in total. The molecule has 1 aliphatic heterocycles. The van der Waals surface area contributed by atoms with Crippen LogP contribution in [-0.2, 0) is 11.2 Å². The van der Waals surface area contributed by atoms with Crippen molar-refractivity contribution in [1.82, 2.24) is 20.3 Å². The van der Waals surface area contributed by atoms with E-state index >= 15 is 0 Å². The van der Waals surface area contributed by atoms with Crippen LogP contribution in [-0.4, -0.2) is 26.8 Å². The molecule has 0 aliphatic carbocycles. The maximum atomic E-state index is 12.6. The zero-order valence-corrected chi connectivity index (χ0v) is 15.8. The molecule has 3 aromatic rings. The lowest BCUT2D eigenvalue weighted by Gasteiger charge is -2.20. The molecule has 4 rings (SSSR count). The van der Waals surface area contributed by atoms with Gasteiger partial charge in [0.2, 0.25) is 5.91 Å². The Hall–Kier alpha value is -3.48. The molecule has 7 nitrogen and oxygen atoms in total. The second-order valence-electron chi connectivity index (χ2n) is 7.05. The number of nitrogens with zero attached hydrogens (tertiary/aromatic N) is 3. The topological polar surface area (TPSA) is 88.9 Å². The van der Waals surface area contributed by atoms with Crippen LogP contribution in [0.4, 0.5) is 5.69 Å². The Labute approximate surface area is 162 Å². The van der Waals surface area contributed by atoms with Crippen LogP contribution in [0.5, 0.6) is 0 Å². The Morgan fingerprint density at radius 3 is 2.89 bits per heavy atom.